The molecule has 0 spiro atoms. The average Bonchev–Trinajstić information content (AvgIpc) is 3.19. The third kappa shape index (κ3) is 4.20. The number of methoxy groups -OCH3 is 1. The summed E-state index contributed by atoms with van der Waals surface area (Å²) in [4.78, 5) is 28.6. The summed E-state index contributed by atoms with van der Waals surface area (Å²) in [5, 5.41) is 13.4. The van der Waals surface area contributed by atoms with Gasteiger partial charge in [-0.1, -0.05) is 48.5 Å². The molecule has 1 aliphatic rings. The maximum Gasteiger partial charge on any atom is 0.300 e. The number of hydrogen-bond acceptors (Lipinski definition) is 5. The first kappa shape index (κ1) is 24.1. The Hall–Kier alpha value is -4.58. The number of aryl methyl sites for hydroxylation is 1. The minimum Gasteiger partial charge on any atom is -0.507 e. The number of ketones is 1. The fourth-order valence-corrected chi connectivity index (χ4v) is 4.91. The number of ether oxygens (including phenoxy) is 2. The summed E-state index contributed by atoms with van der Waals surface area (Å²) in [7, 11) is 1.55. The van der Waals surface area contributed by atoms with Crippen LogP contribution in [0, 0.1) is 6.92 Å². The minimum atomic E-state index is -0.843. The van der Waals surface area contributed by atoms with Crippen molar-refractivity contribution in [3.05, 3.63) is 107 Å². The number of benzene rings is 4. The number of aliphatic hydroxyl groups is 1. The van der Waals surface area contributed by atoms with Gasteiger partial charge in [0.25, 0.3) is 11.7 Å². The molecule has 4 aromatic carbocycles. The van der Waals surface area contributed by atoms with E-state index < -0.39 is 17.7 Å². The molecule has 0 aromatic heterocycles. The number of rotatable bonds is 6. The molecule has 0 aliphatic carbocycles. The molecule has 6 heteroatoms. The normalized spacial score (nSPS) is 16.8. The van der Waals surface area contributed by atoms with Crippen LogP contribution in [-0.4, -0.2) is 30.5 Å². The zero-order chi connectivity index (χ0) is 26.1. The third-order valence-electron chi connectivity index (χ3n) is 6.64. The first-order valence-electron chi connectivity index (χ1n) is 12.1. The van der Waals surface area contributed by atoms with Crippen LogP contribution >= 0.6 is 0 Å². The van der Waals surface area contributed by atoms with E-state index in [1.54, 1.807) is 49.6 Å². The van der Waals surface area contributed by atoms with Crippen LogP contribution in [0.5, 0.6) is 11.5 Å². The topological polar surface area (TPSA) is 76.1 Å². The Bertz CT molecular complexity index is 1550. The van der Waals surface area contributed by atoms with E-state index in [4.69, 9.17) is 9.47 Å². The molecule has 0 saturated carbocycles. The first-order valence-corrected chi connectivity index (χ1v) is 12.1. The van der Waals surface area contributed by atoms with Gasteiger partial charge in [-0.25, -0.2) is 0 Å². The van der Waals surface area contributed by atoms with Gasteiger partial charge in [-0.15, -0.1) is 0 Å². The Labute approximate surface area is 215 Å². The molecule has 4 aromatic rings. The van der Waals surface area contributed by atoms with Gasteiger partial charge in [0.1, 0.15) is 17.3 Å². The lowest BCUT2D eigenvalue weighted by Crippen LogP contribution is -2.29. The van der Waals surface area contributed by atoms with Crippen molar-refractivity contribution in [1.29, 1.82) is 0 Å². The number of hydrogen-bond donors (Lipinski definition) is 1. The van der Waals surface area contributed by atoms with E-state index in [2.05, 4.69) is 0 Å². The fraction of sp³-hybridized carbons (Fsp3) is 0.161. The zero-order valence-electron chi connectivity index (χ0n) is 20.9. The van der Waals surface area contributed by atoms with Crippen LogP contribution < -0.4 is 14.4 Å². The van der Waals surface area contributed by atoms with E-state index in [9.17, 15) is 14.7 Å². The van der Waals surface area contributed by atoms with E-state index in [0.29, 0.717) is 29.4 Å². The Balaban J connectivity index is 1.77. The summed E-state index contributed by atoms with van der Waals surface area (Å²) in [6.07, 6.45) is 0. The Morgan fingerprint density at radius 2 is 1.70 bits per heavy atom. The van der Waals surface area contributed by atoms with Crippen LogP contribution in [0.1, 0.15) is 29.7 Å². The molecule has 1 saturated heterocycles. The van der Waals surface area contributed by atoms with Crippen LogP contribution in [0.4, 0.5) is 5.69 Å². The Morgan fingerprint density at radius 1 is 0.946 bits per heavy atom. The summed E-state index contributed by atoms with van der Waals surface area (Å²) in [5.74, 6) is -0.437. The lowest BCUT2D eigenvalue weighted by Gasteiger charge is -2.27. The standard InChI is InChI=1S/C31H27NO5/c1-4-37-26-16-15-21(17-19(26)2)29(33)27-28(25-14-7-10-20-9-5-6-13-24(20)25)32(31(35)30(27)34)22-11-8-12-23(18-22)36-3/h5-18,28,33H,4H2,1-3H3/b29-27-. The van der Waals surface area contributed by atoms with Crippen molar-refractivity contribution in [1.82, 2.24) is 0 Å². The molecule has 0 radical (unpaired) electrons. The van der Waals surface area contributed by atoms with Crippen LogP contribution in [0.3, 0.4) is 0 Å². The highest BCUT2D eigenvalue weighted by Gasteiger charge is 2.47. The SMILES string of the molecule is CCOc1ccc(/C(O)=C2/C(=O)C(=O)N(c3cccc(OC)c3)C2c2cccc3ccccc23)cc1C. The zero-order valence-corrected chi connectivity index (χ0v) is 20.9. The predicted octanol–water partition coefficient (Wildman–Crippen LogP) is 6.18. The molecule has 1 atom stereocenters. The number of Topliss-reactive ketones (excluding diaryl/α,β-unsaturated/α-hetero) is 1. The summed E-state index contributed by atoms with van der Waals surface area (Å²) in [6, 6.07) is 24.9. The second-order valence-electron chi connectivity index (χ2n) is 8.85. The largest absolute Gasteiger partial charge is 0.507 e. The molecule has 1 unspecified atom stereocenters. The molecule has 37 heavy (non-hydrogen) atoms. The molecule has 6 nitrogen and oxygen atoms in total. The maximum absolute atomic E-state index is 13.6. The Morgan fingerprint density at radius 3 is 2.46 bits per heavy atom. The van der Waals surface area contributed by atoms with Crippen molar-refractivity contribution in [3.63, 3.8) is 0 Å². The van der Waals surface area contributed by atoms with Crippen molar-refractivity contribution in [2.45, 2.75) is 19.9 Å². The van der Waals surface area contributed by atoms with E-state index in [1.165, 1.54) is 4.90 Å². The number of carbonyl (C=O) groups is 2. The molecule has 1 N–H and O–H groups in total. The van der Waals surface area contributed by atoms with Crippen molar-refractivity contribution in [2.24, 2.45) is 0 Å². The molecular formula is C31H27NO5. The van der Waals surface area contributed by atoms with Gasteiger partial charge in [0.05, 0.1) is 25.3 Å². The highest BCUT2D eigenvalue weighted by atomic mass is 16.5. The van der Waals surface area contributed by atoms with Crippen molar-refractivity contribution in [3.8, 4) is 11.5 Å². The monoisotopic (exact) mass is 493 g/mol. The number of nitrogens with zero attached hydrogens (tertiary/aromatic N) is 1. The van der Waals surface area contributed by atoms with E-state index in [1.807, 2.05) is 56.3 Å². The molecule has 1 amide bonds. The summed E-state index contributed by atoms with van der Waals surface area (Å²) < 4.78 is 11.0. The van der Waals surface area contributed by atoms with Crippen molar-refractivity contribution < 1.29 is 24.2 Å². The molecule has 5 rings (SSSR count). The Kier molecular flexibility index (Phi) is 6.40. The molecule has 1 aliphatic heterocycles. The summed E-state index contributed by atoms with van der Waals surface area (Å²) in [6.45, 7) is 4.29. The number of fused-ring (bicyclic) bond motifs is 1. The predicted molar refractivity (Wildman–Crippen MR) is 144 cm³/mol. The van der Waals surface area contributed by atoms with Gasteiger partial charge in [0.15, 0.2) is 0 Å². The van der Waals surface area contributed by atoms with Crippen LogP contribution in [0.2, 0.25) is 0 Å². The van der Waals surface area contributed by atoms with Gasteiger partial charge < -0.3 is 14.6 Å². The molecule has 1 heterocycles. The number of aliphatic hydroxyl groups excluding tert-OH is 1. The van der Waals surface area contributed by atoms with E-state index in [0.717, 1.165) is 21.9 Å². The van der Waals surface area contributed by atoms with Crippen molar-refractivity contribution >= 4 is 33.9 Å². The number of amides is 1. The highest BCUT2D eigenvalue weighted by molar-refractivity contribution is 6.52. The van der Waals surface area contributed by atoms with Gasteiger partial charge in [0.2, 0.25) is 0 Å². The van der Waals surface area contributed by atoms with E-state index in [-0.39, 0.29) is 11.3 Å². The maximum atomic E-state index is 13.6. The lowest BCUT2D eigenvalue weighted by atomic mass is 9.91. The van der Waals surface area contributed by atoms with Gasteiger partial charge in [-0.05, 0) is 66.1 Å². The van der Waals surface area contributed by atoms with Crippen LogP contribution in [-0.2, 0) is 9.59 Å². The molecule has 186 valence electrons. The molecule has 0 bridgehead atoms. The van der Waals surface area contributed by atoms with Crippen LogP contribution in [0.15, 0.2) is 90.5 Å². The molecular weight excluding hydrogens is 466 g/mol. The minimum absolute atomic E-state index is 0.0349. The number of anilines is 1. The fourth-order valence-electron chi connectivity index (χ4n) is 4.91. The van der Waals surface area contributed by atoms with Gasteiger partial charge in [-0.3, -0.25) is 14.5 Å². The second-order valence-corrected chi connectivity index (χ2v) is 8.85. The average molecular weight is 494 g/mol. The highest BCUT2D eigenvalue weighted by Crippen LogP contribution is 2.44. The second kappa shape index (κ2) is 9.82. The van der Waals surface area contributed by atoms with Gasteiger partial charge >= 0.3 is 0 Å². The van der Waals surface area contributed by atoms with Crippen molar-refractivity contribution in [2.75, 3.05) is 18.6 Å². The van der Waals surface area contributed by atoms with Gasteiger partial charge in [-0.2, -0.15) is 0 Å². The summed E-state index contributed by atoms with van der Waals surface area (Å²) >= 11 is 0. The summed E-state index contributed by atoms with van der Waals surface area (Å²) in [5.41, 5.74) is 2.53. The molecule has 1 fully saturated rings. The van der Waals surface area contributed by atoms with Crippen LogP contribution in [0.25, 0.3) is 16.5 Å². The quantitative estimate of drug-likeness (QED) is 0.197. The third-order valence-corrected chi connectivity index (χ3v) is 6.64. The number of carbonyl (C=O) groups excluding carboxylic acids is 2. The lowest BCUT2D eigenvalue weighted by molar-refractivity contribution is -0.132. The van der Waals surface area contributed by atoms with E-state index >= 15 is 0 Å². The smallest absolute Gasteiger partial charge is 0.300 e. The first-order chi connectivity index (χ1) is 17.9. The van der Waals surface area contributed by atoms with Gasteiger partial charge in [0, 0.05) is 17.3 Å².